The second-order valence-corrected chi connectivity index (χ2v) is 10.2. The van der Waals surface area contributed by atoms with Crippen LogP contribution in [0.4, 0.5) is 4.39 Å². The van der Waals surface area contributed by atoms with Gasteiger partial charge in [0.25, 0.3) is 0 Å². The Morgan fingerprint density at radius 2 is 1.74 bits per heavy atom. The summed E-state index contributed by atoms with van der Waals surface area (Å²) in [4.78, 5) is 16.3. The van der Waals surface area contributed by atoms with Gasteiger partial charge < -0.3 is 4.90 Å². The van der Waals surface area contributed by atoms with Crippen molar-refractivity contribution >= 4 is 39.1 Å². The quantitative estimate of drug-likeness (QED) is 0.625. The summed E-state index contributed by atoms with van der Waals surface area (Å²) < 4.78 is 40.2. The molecule has 0 saturated carbocycles. The Morgan fingerprint density at radius 3 is 2.42 bits per heavy atom. The van der Waals surface area contributed by atoms with E-state index < -0.39 is 15.8 Å². The monoisotopic (exact) mass is 487 g/mol. The minimum Gasteiger partial charge on any atom is -0.340 e. The van der Waals surface area contributed by atoms with Crippen LogP contribution in [-0.2, 0) is 21.4 Å². The summed E-state index contributed by atoms with van der Waals surface area (Å²) in [7, 11) is -1.98. The third-order valence-corrected chi connectivity index (χ3v) is 7.84. The van der Waals surface area contributed by atoms with Crippen molar-refractivity contribution in [3.05, 3.63) is 63.9 Å². The van der Waals surface area contributed by atoms with Gasteiger partial charge in [0, 0.05) is 33.2 Å². The number of hydrogen-bond acceptors (Lipinski definition) is 4. The summed E-state index contributed by atoms with van der Waals surface area (Å²) >= 11 is 12.0. The van der Waals surface area contributed by atoms with Gasteiger partial charge in [-0.15, -0.1) is 0 Å². The average Bonchev–Trinajstić information content (AvgIpc) is 2.97. The lowest BCUT2D eigenvalue weighted by atomic mass is 10.2. The Hall–Kier alpha value is -1.71. The third-order valence-electron chi connectivity index (χ3n) is 5.19. The van der Waals surface area contributed by atoms with E-state index in [-0.39, 0.29) is 23.9 Å². The molecule has 1 aliphatic rings. The second-order valence-electron chi connectivity index (χ2n) is 7.49. The summed E-state index contributed by atoms with van der Waals surface area (Å²) in [6.07, 6.45) is 0.601. The van der Waals surface area contributed by atoms with E-state index in [0.29, 0.717) is 42.6 Å². The Morgan fingerprint density at radius 1 is 1.03 bits per heavy atom. The number of likely N-dealkylation sites (N-methyl/N-ethyl adjacent to an activating group) is 1. The minimum absolute atomic E-state index is 0.0686. The molecule has 1 aliphatic heterocycles. The maximum absolute atomic E-state index is 13.1. The van der Waals surface area contributed by atoms with E-state index in [0.717, 1.165) is 17.7 Å². The highest BCUT2D eigenvalue weighted by Crippen LogP contribution is 2.23. The van der Waals surface area contributed by atoms with Crippen molar-refractivity contribution in [3.63, 3.8) is 0 Å². The summed E-state index contributed by atoms with van der Waals surface area (Å²) in [5.41, 5.74) is 0.873. The van der Waals surface area contributed by atoms with Crippen LogP contribution in [0.15, 0.2) is 47.4 Å². The first-order chi connectivity index (χ1) is 14.7. The molecule has 1 heterocycles. The maximum atomic E-state index is 13.1. The fraction of sp³-hybridized carbons (Fsp3) is 0.381. The van der Waals surface area contributed by atoms with Crippen LogP contribution in [0.3, 0.4) is 0 Å². The molecule has 0 atom stereocenters. The Labute approximate surface area is 192 Å². The first-order valence-electron chi connectivity index (χ1n) is 9.83. The molecule has 2 aromatic rings. The zero-order valence-corrected chi connectivity index (χ0v) is 19.4. The fourth-order valence-corrected chi connectivity index (χ4v) is 5.20. The summed E-state index contributed by atoms with van der Waals surface area (Å²) in [6.45, 7) is 2.26. The molecule has 0 unspecified atom stereocenters. The van der Waals surface area contributed by atoms with Crippen LogP contribution in [0.5, 0.6) is 0 Å². The molecule has 168 valence electrons. The van der Waals surface area contributed by atoms with Gasteiger partial charge in [0.15, 0.2) is 0 Å². The lowest BCUT2D eigenvalue weighted by Gasteiger charge is -2.24. The van der Waals surface area contributed by atoms with E-state index in [4.69, 9.17) is 23.2 Å². The van der Waals surface area contributed by atoms with E-state index in [2.05, 4.69) is 0 Å². The van der Waals surface area contributed by atoms with E-state index in [9.17, 15) is 17.6 Å². The predicted molar refractivity (Wildman–Crippen MR) is 119 cm³/mol. The van der Waals surface area contributed by atoms with Crippen LogP contribution < -0.4 is 0 Å². The van der Waals surface area contributed by atoms with Gasteiger partial charge in [-0.25, -0.2) is 12.8 Å². The van der Waals surface area contributed by atoms with Gasteiger partial charge in [0.05, 0.1) is 21.5 Å². The van der Waals surface area contributed by atoms with Gasteiger partial charge in [-0.2, -0.15) is 4.31 Å². The molecule has 0 spiro atoms. The summed E-state index contributed by atoms with van der Waals surface area (Å²) in [5.74, 6) is -0.551. The normalized spacial score (nSPS) is 16.1. The van der Waals surface area contributed by atoms with Gasteiger partial charge in [-0.3, -0.25) is 9.69 Å². The number of carbonyl (C=O) groups is 1. The Kier molecular flexibility index (Phi) is 7.93. The van der Waals surface area contributed by atoms with Crippen molar-refractivity contribution in [2.45, 2.75) is 17.9 Å². The van der Waals surface area contributed by atoms with Crippen LogP contribution in [0, 0.1) is 5.82 Å². The molecule has 2 aromatic carbocycles. The second kappa shape index (κ2) is 10.3. The predicted octanol–water partition coefficient (Wildman–Crippen LogP) is 3.49. The number of nitrogens with zero attached hydrogens (tertiary/aromatic N) is 3. The van der Waals surface area contributed by atoms with Gasteiger partial charge in [-0.1, -0.05) is 29.3 Å². The van der Waals surface area contributed by atoms with Crippen molar-refractivity contribution in [3.8, 4) is 0 Å². The average molecular weight is 488 g/mol. The van der Waals surface area contributed by atoms with Crippen molar-refractivity contribution in [2.75, 3.05) is 39.8 Å². The first kappa shape index (κ1) is 23.9. The van der Waals surface area contributed by atoms with Gasteiger partial charge in [-0.05, 0) is 54.9 Å². The molecule has 0 radical (unpaired) electrons. The van der Waals surface area contributed by atoms with Crippen LogP contribution in [0.25, 0.3) is 0 Å². The zero-order chi connectivity index (χ0) is 22.6. The van der Waals surface area contributed by atoms with Crippen LogP contribution in [0.1, 0.15) is 12.0 Å². The lowest BCUT2D eigenvalue weighted by molar-refractivity contribution is -0.131. The first-order valence-corrected chi connectivity index (χ1v) is 12.0. The number of benzene rings is 2. The smallest absolute Gasteiger partial charge is 0.243 e. The summed E-state index contributed by atoms with van der Waals surface area (Å²) in [6, 6.07) is 10.1. The number of halogens is 3. The van der Waals surface area contributed by atoms with Gasteiger partial charge in [0.2, 0.25) is 15.9 Å². The van der Waals surface area contributed by atoms with Crippen molar-refractivity contribution < 1.29 is 17.6 Å². The molecular formula is C21H24Cl2FN3O3S. The number of hydrogen-bond donors (Lipinski definition) is 0. The van der Waals surface area contributed by atoms with E-state index in [1.54, 1.807) is 24.1 Å². The molecule has 10 heteroatoms. The highest BCUT2D eigenvalue weighted by Gasteiger charge is 2.27. The standard InChI is InChI=1S/C21H24Cl2FN3O3S/c1-25(14-16-3-8-19(22)20(23)13-16)21(28)15-26-9-2-10-27(12-11-26)31(29,30)18-6-4-17(24)5-7-18/h3-8,13H,2,9-12,14-15H2,1H3. The molecule has 1 saturated heterocycles. The number of sulfonamides is 1. The van der Waals surface area contributed by atoms with Crippen molar-refractivity contribution in [2.24, 2.45) is 0 Å². The molecule has 0 aliphatic carbocycles. The highest BCUT2D eigenvalue weighted by molar-refractivity contribution is 7.89. The number of rotatable bonds is 6. The van der Waals surface area contributed by atoms with E-state index in [1.165, 1.54) is 16.4 Å². The van der Waals surface area contributed by atoms with Crippen LogP contribution >= 0.6 is 23.2 Å². The Balaban J connectivity index is 1.57. The Bertz CT molecular complexity index is 1030. The molecule has 3 rings (SSSR count). The lowest BCUT2D eigenvalue weighted by Crippen LogP contribution is -2.40. The maximum Gasteiger partial charge on any atom is 0.243 e. The fourth-order valence-electron chi connectivity index (χ4n) is 3.41. The van der Waals surface area contributed by atoms with Gasteiger partial charge in [0.1, 0.15) is 5.82 Å². The van der Waals surface area contributed by atoms with E-state index >= 15 is 0 Å². The largest absolute Gasteiger partial charge is 0.340 e. The van der Waals surface area contributed by atoms with Crippen molar-refractivity contribution in [1.29, 1.82) is 0 Å². The third kappa shape index (κ3) is 6.17. The topological polar surface area (TPSA) is 60.9 Å². The van der Waals surface area contributed by atoms with Crippen LogP contribution in [0.2, 0.25) is 10.0 Å². The molecule has 1 amide bonds. The molecular weight excluding hydrogens is 464 g/mol. The van der Waals surface area contributed by atoms with E-state index in [1.807, 2.05) is 11.0 Å². The van der Waals surface area contributed by atoms with Crippen molar-refractivity contribution in [1.82, 2.24) is 14.1 Å². The van der Waals surface area contributed by atoms with Gasteiger partial charge >= 0.3 is 0 Å². The van der Waals surface area contributed by atoms with Crippen LogP contribution in [-0.4, -0.2) is 68.2 Å². The SMILES string of the molecule is CN(Cc1ccc(Cl)c(Cl)c1)C(=O)CN1CCCN(S(=O)(=O)c2ccc(F)cc2)CC1. The highest BCUT2D eigenvalue weighted by atomic mass is 35.5. The molecule has 1 fully saturated rings. The number of carbonyl (C=O) groups excluding carboxylic acids is 1. The zero-order valence-electron chi connectivity index (χ0n) is 17.1. The molecule has 6 nitrogen and oxygen atoms in total. The molecule has 0 N–H and O–H groups in total. The summed E-state index contributed by atoms with van der Waals surface area (Å²) in [5, 5.41) is 0.902. The minimum atomic E-state index is -3.70. The molecule has 0 aromatic heterocycles. The molecule has 0 bridgehead atoms. The number of amides is 1. The molecule has 31 heavy (non-hydrogen) atoms.